The van der Waals surface area contributed by atoms with Crippen molar-refractivity contribution in [3.63, 3.8) is 0 Å². The lowest BCUT2D eigenvalue weighted by Crippen LogP contribution is -2.29. The van der Waals surface area contributed by atoms with Crippen LogP contribution in [0.5, 0.6) is 0 Å². The van der Waals surface area contributed by atoms with Gasteiger partial charge in [0, 0.05) is 19.1 Å². The highest BCUT2D eigenvalue weighted by Crippen LogP contribution is 2.14. The van der Waals surface area contributed by atoms with E-state index in [-0.39, 0.29) is 11.9 Å². The van der Waals surface area contributed by atoms with E-state index in [0.717, 1.165) is 32.4 Å². The topological polar surface area (TPSA) is 58.1 Å². The fourth-order valence-corrected chi connectivity index (χ4v) is 3.37. The number of hydrogen-bond donors (Lipinski definition) is 1. The number of thiophene rings is 1. The SMILES string of the molecule is CC(Cc1ccsc1)Nc1cncc(C(=O)N2CCCC2)n1. The number of hydrogen-bond acceptors (Lipinski definition) is 5. The summed E-state index contributed by atoms with van der Waals surface area (Å²) >= 11 is 1.70. The Bertz CT molecular complexity index is 623. The molecule has 1 atom stereocenters. The van der Waals surface area contributed by atoms with Gasteiger partial charge >= 0.3 is 0 Å². The minimum Gasteiger partial charge on any atom is -0.366 e. The van der Waals surface area contributed by atoms with Crippen LogP contribution in [0, 0.1) is 0 Å². The van der Waals surface area contributed by atoms with Crippen molar-refractivity contribution in [2.45, 2.75) is 32.2 Å². The maximum atomic E-state index is 12.3. The van der Waals surface area contributed by atoms with Crippen molar-refractivity contribution in [2.24, 2.45) is 0 Å². The highest BCUT2D eigenvalue weighted by molar-refractivity contribution is 7.07. The van der Waals surface area contributed by atoms with Gasteiger partial charge in [-0.3, -0.25) is 9.78 Å². The van der Waals surface area contributed by atoms with Gasteiger partial charge < -0.3 is 10.2 Å². The van der Waals surface area contributed by atoms with Crippen LogP contribution in [0.2, 0.25) is 0 Å². The second kappa shape index (κ2) is 6.87. The first kappa shape index (κ1) is 15.0. The van der Waals surface area contributed by atoms with Crippen LogP contribution in [0.4, 0.5) is 5.82 Å². The minimum absolute atomic E-state index is 0.0147. The van der Waals surface area contributed by atoms with Crippen molar-refractivity contribution in [1.82, 2.24) is 14.9 Å². The predicted octanol–water partition coefficient (Wildman–Crippen LogP) is 2.82. The van der Waals surface area contributed by atoms with Crippen LogP contribution in [-0.4, -0.2) is 39.9 Å². The summed E-state index contributed by atoms with van der Waals surface area (Å²) < 4.78 is 0. The van der Waals surface area contributed by atoms with Crippen LogP contribution in [0.15, 0.2) is 29.2 Å². The normalized spacial score (nSPS) is 15.8. The van der Waals surface area contributed by atoms with E-state index in [2.05, 4.69) is 39.0 Å². The molecule has 0 spiro atoms. The molecular formula is C16H20N4OS. The molecule has 1 saturated heterocycles. The number of amides is 1. The average Bonchev–Trinajstić information content (AvgIpc) is 3.19. The van der Waals surface area contributed by atoms with Gasteiger partial charge in [0.05, 0.1) is 12.4 Å². The molecule has 6 heteroatoms. The molecule has 0 aromatic carbocycles. The van der Waals surface area contributed by atoms with Crippen molar-refractivity contribution >= 4 is 23.1 Å². The van der Waals surface area contributed by atoms with Gasteiger partial charge in [0.15, 0.2) is 0 Å². The van der Waals surface area contributed by atoms with Crippen molar-refractivity contribution in [3.8, 4) is 0 Å². The number of aromatic nitrogens is 2. The highest BCUT2D eigenvalue weighted by atomic mass is 32.1. The van der Waals surface area contributed by atoms with Gasteiger partial charge in [-0.25, -0.2) is 4.98 Å². The lowest BCUT2D eigenvalue weighted by Gasteiger charge is -2.16. The minimum atomic E-state index is -0.0147. The first-order chi connectivity index (χ1) is 10.7. The molecule has 0 aliphatic carbocycles. The van der Waals surface area contributed by atoms with Gasteiger partial charge in [0.1, 0.15) is 11.5 Å². The van der Waals surface area contributed by atoms with Crippen LogP contribution < -0.4 is 5.32 Å². The summed E-state index contributed by atoms with van der Waals surface area (Å²) in [6.45, 7) is 3.76. The number of nitrogens with one attached hydrogen (secondary N) is 1. The standard InChI is InChI=1S/C16H20N4OS/c1-12(8-13-4-7-22-11-13)18-15-10-17-9-14(19-15)16(21)20-5-2-3-6-20/h4,7,9-12H,2-3,5-6,8H2,1H3,(H,18,19). The predicted molar refractivity (Wildman–Crippen MR) is 88.3 cm³/mol. The quantitative estimate of drug-likeness (QED) is 0.921. The highest BCUT2D eigenvalue weighted by Gasteiger charge is 2.21. The van der Waals surface area contributed by atoms with E-state index in [1.165, 1.54) is 5.56 Å². The lowest BCUT2D eigenvalue weighted by molar-refractivity contribution is 0.0786. The molecule has 116 valence electrons. The van der Waals surface area contributed by atoms with E-state index in [9.17, 15) is 4.79 Å². The molecule has 2 aromatic rings. The maximum absolute atomic E-state index is 12.3. The van der Waals surface area contributed by atoms with E-state index in [0.29, 0.717) is 11.5 Å². The van der Waals surface area contributed by atoms with Crippen molar-refractivity contribution in [3.05, 3.63) is 40.5 Å². The van der Waals surface area contributed by atoms with E-state index in [1.807, 2.05) is 4.90 Å². The van der Waals surface area contributed by atoms with E-state index < -0.39 is 0 Å². The summed E-state index contributed by atoms with van der Waals surface area (Å²) in [4.78, 5) is 22.8. The molecule has 22 heavy (non-hydrogen) atoms. The zero-order valence-corrected chi connectivity index (χ0v) is 13.5. The fraction of sp³-hybridized carbons (Fsp3) is 0.438. The second-order valence-electron chi connectivity index (χ2n) is 5.67. The molecule has 1 unspecified atom stereocenters. The third-order valence-corrected chi connectivity index (χ3v) is 4.50. The van der Waals surface area contributed by atoms with Gasteiger partial charge in [0.2, 0.25) is 0 Å². The average molecular weight is 316 g/mol. The largest absolute Gasteiger partial charge is 0.366 e. The lowest BCUT2D eigenvalue weighted by atomic mass is 10.1. The fourth-order valence-electron chi connectivity index (χ4n) is 2.69. The third kappa shape index (κ3) is 3.62. The number of nitrogens with zero attached hydrogens (tertiary/aromatic N) is 3. The monoisotopic (exact) mass is 316 g/mol. The molecular weight excluding hydrogens is 296 g/mol. The molecule has 3 rings (SSSR count). The number of likely N-dealkylation sites (tertiary alicyclic amines) is 1. The summed E-state index contributed by atoms with van der Waals surface area (Å²) in [5, 5.41) is 7.56. The Kier molecular flexibility index (Phi) is 4.68. The Hall–Kier alpha value is -1.95. The summed E-state index contributed by atoms with van der Waals surface area (Å²) in [7, 11) is 0. The molecule has 2 aromatic heterocycles. The summed E-state index contributed by atoms with van der Waals surface area (Å²) in [5.41, 5.74) is 1.73. The molecule has 3 heterocycles. The molecule has 1 aliphatic heterocycles. The van der Waals surface area contributed by atoms with Crippen LogP contribution in [0.3, 0.4) is 0 Å². The number of carbonyl (C=O) groups excluding carboxylic acids is 1. The summed E-state index contributed by atoms with van der Waals surface area (Å²) in [5.74, 6) is 0.645. The van der Waals surface area contributed by atoms with E-state index in [1.54, 1.807) is 23.7 Å². The molecule has 0 bridgehead atoms. The molecule has 0 saturated carbocycles. The summed E-state index contributed by atoms with van der Waals surface area (Å²) in [6.07, 6.45) is 6.30. The Balaban J connectivity index is 1.64. The van der Waals surface area contributed by atoms with E-state index in [4.69, 9.17) is 0 Å². The van der Waals surface area contributed by atoms with Gasteiger partial charge in [-0.05, 0) is 48.6 Å². The molecule has 1 fully saturated rings. The number of anilines is 1. The molecule has 0 radical (unpaired) electrons. The first-order valence-corrected chi connectivity index (χ1v) is 8.55. The third-order valence-electron chi connectivity index (χ3n) is 3.76. The zero-order valence-electron chi connectivity index (χ0n) is 12.7. The van der Waals surface area contributed by atoms with E-state index >= 15 is 0 Å². The van der Waals surface area contributed by atoms with Crippen molar-refractivity contribution in [2.75, 3.05) is 18.4 Å². The van der Waals surface area contributed by atoms with Crippen LogP contribution in [0.25, 0.3) is 0 Å². The van der Waals surface area contributed by atoms with Crippen molar-refractivity contribution in [1.29, 1.82) is 0 Å². The Morgan fingerprint density at radius 3 is 2.95 bits per heavy atom. The van der Waals surface area contributed by atoms with Gasteiger partial charge in [-0.15, -0.1) is 0 Å². The Morgan fingerprint density at radius 2 is 2.23 bits per heavy atom. The van der Waals surface area contributed by atoms with Crippen LogP contribution in [0.1, 0.15) is 35.8 Å². The Morgan fingerprint density at radius 1 is 1.41 bits per heavy atom. The van der Waals surface area contributed by atoms with Gasteiger partial charge in [-0.1, -0.05) is 0 Å². The second-order valence-corrected chi connectivity index (χ2v) is 6.45. The molecule has 1 amide bonds. The number of rotatable bonds is 5. The maximum Gasteiger partial charge on any atom is 0.274 e. The smallest absolute Gasteiger partial charge is 0.274 e. The molecule has 5 nitrogen and oxygen atoms in total. The molecule has 1 aliphatic rings. The van der Waals surface area contributed by atoms with Gasteiger partial charge in [-0.2, -0.15) is 11.3 Å². The van der Waals surface area contributed by atoms with Gasteiger partial charge in [0.25, 0.3) is 5.91 Å². The van der Waals surface area contributed by atoms with Crippen LogP contribution in [-0.2, 0) is 6.42 Å². The van der Waals surface area contributed by atoms with Crippen molar-refractivity contribution < 1.29 is 4.79 Å². The molecule has 1 N–H and O–H groups in total. The Labute approximate surface area is 134 Å². The zero-order chi connectivity index (χ0) is 15.4. The van der Waals surface area contributed by atoms with Crippen LogP contribution >= 0.6 is 11.3 Å². The first-order valence-electron chi connectivity index (χ1n) is 7.61. The summed E-state index contributed by atoms with van der Waals surface area (Å²) in [6, 6.07) is 2.36. The number of carbonyl (C=O) groups is 1.